The van der Waals surface area contributed by atoms with Gasteiger partial charge in [0.05, 0.1) is 0 Å². The lowest BCUT2D eigenvalue weighted by Gasteiger charge is -2.05. The molecule has 0 bridgehead atoms. The molecule has 0 aliphatic carbocycles. The van der Waals surface area contributed by atoms with E-state index in [0.717, 1.165) is 19.5 Å². The summed E-state index contributed by atoms with van der Waals surface area (Å²) in [6.07, 6.45) is 1.06. The fourth-order valence-corrected chi connectivity index (χ4v) is 0.977. The summed E-state index contributed by atoms with van der Waals surface area (Å²) in [5, 5.41) is 13.3. The smallest absolute Gasteiger partial charge is 0.0392 e. The molecule has 3 heteroatoms. The average Bonchev–Trinajstić information content (AvgIpc) is 2.14. The Bertz CT molecular complexity index is 76.8. The number of nitrogens with one attached hydrogen (secondary N) is 1. The van der Waals surface area contributed by atoms with Crippen molar-refractivity contribution in [1.82, 2.24) is 10.4 Å². The van der Waals surface area contributed by atoms with E-state index in [1.165, 1.54) is 5.06 Å². The second-order valence-electron chi connectivity index (χ2n) is 2.19. The van der Waals surface area contributed by atoms with Crippen LogP contribution >= 0.6 is 0 Å². The summed E-state index contributed by atoms with van der Waals surface area (Å²) in [5.74, 6) is 0. The van der Waals surface area contributed by atoms with Crippen LogP contribution < -0.4 is 5.32 Å². The summed E-state index contributed by atoms with van der Waals surface area (Å²) in [6, 6.07) is 0.500. The van der Waals surface area contributed by atoms with Crippen LogP contribution in [0.1, 0.15) is 6.42 Å². The minimum atomic E-state index is 0.500. The molecule has 0 aromatic carbocycles. The summed E-state index contributed by atoms with van der Waals surface area (Å²) < 4.78 is 0. The Balaban J connectivity index is 2.22. The molecule has 0 saturated carbocycles. The van der Waals surface area contributed by atoms with Crippen LogP contribution in [0, 0.1) is 0 Å². The molecule has 1 atom stereocenters. The van der Waals surface area contributed by atoms with Gasteiger partial charge in [-0.05, 0) is 13.5 Å². The number of nitrogens with zero attached hydrogens (tertiary/aromatic N) is 1. The summed E-state index contributed by atoms with van der Waals surface area (Å²) in [7, 11) is 1.92. The standard InChI is InChI=1S/C5H12N2O/c1-6-5-2-3-7(8)4-5/h5-6,8H,2-4H2,1H3. The third-order valence-corrected chi connectivity index (χ3v) is 1.58. The topological polar surface area (TPSA) is 35.5 Å². The molecule has 1 fully saturated rings. The van der Waals surface area contributed by atoms with Crippen molar-refractivity contribution in [2.24, 2.45) is 0 Å². The van der Waals surface area contributed by atoms with Gasteiger partial charge in [-0.25, -0.2) is 0 Å². The molecule has 1 saturated heterocycles. The number of rotatable bonds is 1. The van der Waals surface area contributed by atoms with Crippen molar-refractivity contribution < 1.29 is 5.21 Å². The molecule has 0 spiro atoms. The van der Waals surface area contributed by atoms with Gasteiger partial charge in [-0.1, -0.05) is 0 Å². The Morgan fingerprint density at radius 3 is 2.75 bits per heavy atom. The molecule has 3 nitrogen and oxygen atoms in total. The zero-order chi connectivity index (χ0) is 5.98. The van der Waals surface area contributed by atoms with Gasteiger partial charge in [0.2, 0.25) is 0 Å². The van der Waals surface area contributed by atoms with Crippen molar-refractivity contribution in [3.63, 3.8) is 0 Å². The minimum Gasteiger partial charge on any atom is -0.316 e. The lowest BCUT2D eigenvalue weighted by atomic mass is 10.3. The summed E-state index contributed by atoms with van der Waals surface area (Å²) in [5.41, 5.74) is 0. The molecule has 0 radical (unpaired) electrons. The molecule has 1 heterocycles. The van der Waals surface area contributed by atoms with E-state index >= 15 is 0 Å². The first-order valence-corrected chi connectivity index (χ1v) is 2.94. The first-order valence-electron chi connectivity index (χ1n) is 2.94. The van der Waals surface area contributed by atoms with E-state index in [9.17, 15) is 0 Å². The highest BCUT2D eigenvalue weighted by Crippen LogP contribution is 2.03. The Morgan fingerprint density at radius 2 is 2.50 bits per heavy atom. The van der Waals surface area contributed by atoms with Gasteiger partial charge in [0.25, 0.3) is 0 Å². The fourth-order valence-electron chi connectivity index (χ4n) is 0.977. The van der Waals surface area contributed by atoms with Gasteiger partial charge in [-0.3, -0.25) is 0 Å². The summed E-state index contributed by atoms with van der Waals surface area (Å²) >= 11 is 0. The highest BCUT2D eigenvalue weighted by atomic mass is 16.5. The molecule has 0 aromatic heterocycles. The van der Waals surface area contributed by atoms with Gasteiger partial charge in [0.1, 0.15) is 0 Å². The number of hydrogen-bond acceptors (Lipinski definition) is 3. The van der Waals surface area contributed by atoms with Crippen molar-refractivity contribution in [2.75, 3.05) is 20.1 Å². The fraction of sp³-hybridized carbons (Fsp3) is 1.00. The average molecular weight is 116 g/mol. The molecule has 1 unspecified atom stereocenters. The van der Waals surface area contributed by atoms with Gasteiger partial charge in [0, 0.05) is 19.1 Å². The van der Waals surface area contributed by atoms with E-state index < -0.39 is 0 Å². The summed E-state index contributed by atoms with van der Waals surface area (Å²) in [4.78, 5) is 0. The normalized spacial score (nSPS) is 31.5. The maximum Gasteiger partial charge on any atom is 0.0392 e. The van der Waals surface area contributed by atoms with Crippen molar-refractivity contribution in [2.45, 2.75) is 12.5 Å². The third-order valence-electron chi connectivity index (χ3n) is 1.58. The predicted octanol–water partition coefficient (Wildman–Crippen LogP) is -0.331. The molecule has 1 rings (SSSR count). The van der Waals surface area contributed by atoms with Crippen LogP contribution in [0.2, 0.25) is 0 Å². The van der Waals surface area contributed by atoms with Crippen LogP contribution in [0.15, 0.2) is 0 Å². The molecular formula is C5H12N2O. The van der Waals surface area contributed by atoms with E-state index in [1.807, 2.05) is 7.05 Å². The highest BCUT2D eigenvalue weighted by molar-refractivity contribution is 4.74. The first-order chi connectivity index (χ1) is 3.83. The van der Waals surface area contributed by atoms with Crippen molar-refractivity contribution in [3.05, 3.63) is 0 Å². The van der Waals surface area contributed by atoms with E-state index in [-0.39, 0.29) is 0 Å². The quantitative estimate of drug-likeness (QED) is 0.492. The Labute approximate surface area is 49.3 Å². The minimum absolute atomic E-state index is 0.500. The molecule has 8 heavy (non-hydrogen) atoms. The maximum atomic E-state index is 8.82. The van der Waals surface area contributed by atoms with Gasteiger partial charge in [0.15, 0.2) is 0 Å². The van der Waals surface area contributed by atoms with Crippen LogP contribution in [-0.4, -0.2) is 36.4 Å². The lowest BCUT2D eigenvalue weighted by Crippen LogP contribution is -2.27. The van der Waals surface area contributed by atoms with Crippen molar-refractivity contribution in [1.29, 1.82) is 0 Å². The SMILES string of the molecule is CNC1CCN(O)C1. The molecule has 2 N–H and O–H groups in total. The molecular weight excluding hydrogens is 104 g/mol. The zero-order valence-electron chi connectivity index (χ0n) is 5.09. The Kier molecular flexibility index (Phi) is 1.83. The predicted molar refractivity (Wildman–Crippen MR) is 30.8 cm³/mol. The van der Waals surface area contributed by atoms with Crippen LogP contribution in [0.5, 0.6) is 0 Å². The molecule has 1 aliphatic rings. The number of hydrogen-bond donors (Lipinski definition) is 2. The van der Waals surface area contributed by atoms with E-state index in [2.05, 4.69) is 5.32 Å². The lowest BCUT2D eigenvalue weighted by molar-refractivity contribution is -0.0695. The number of likely N-dealkylation sites (N-methyl/N-ethyl adjacent to an activating group) is 1. The first kappa shape index (κ1) is 6.01. The van der Waals surface area contributed by atoms with Crippen molar-refractivity contribution >= 4 is 0 Å². The molecule has 1 aliphatic heterocycles. The summed E-state index contributed by atoms with van der Waals surface area (Å²) in [6.45, 7) is 1.59. The Morgan fingerprint density at radius 1 is 1.75 bits per heavy atom. The third kappa shape index (κ3) is 1.18. The second-order valence-corrected chi connectivity index (χ2v) is 2.19. The highest BCUT2D eigenvalue weighted by Gasteiger charge is 2.17. The maximum absolute atomic E-state index is 8.82. The largest absolute Gasteiger partial charge is 0.316 e. The van der Waals surface area contributed by atoms with Crippen molar-refractivity contribution in [3.8, 4) is 0 Å². The van der Waals surface area contributed by atoms with Crippen LogP contribution in [-0.2, 0) is 0 Å². The van der Waals surface area contributed by atoms with Gasteiger partial charge < -0.3 is 10.5 Å². The van der Waals surface area contributed by atoms with Crippen LogP contribution in [0.4, 0.5) is 0 Å². The second kappa shape index (κ2) is 2.44. The van der Waals surface area contributed by atoms with Gasteiger partial charge in [-0.15, -0.1) is 0 Å². The molecule has 0 aromatic rings. The molecule has 48 valence electrons. The molecule has 0 amide bonds. The van der Waals surface area contributed by atoms with E-state index in [0.29, 0.717) is 6.04 Å². The van der Waals surface area contributed by atoms with E-state index in [1.54, 1.807) is 0 Å². The van der Waals surface area contributed by atoms with Gasteiger partial charge >= 0.3 is 0 Å². The van der Waals surface area contributed by atoms with E-state index in [4.69, 9.17) is 5.21 Å². The monoisotopic (exact) mass is 116 g/mol. The van der Waals surface area contributed by atoms with Gasteiger partial charge in [-0.2, -0.15) is 5.06 Å². The van der Waals surface area contributed by atoms with Crippen LogP contribution in [0.3, 0.4) is 0 Å². The number of hydroxylamine groups is 2. The van der Waals surface area contributed by atoms with Crippen LogP contribution in [0.25, 0.3) is 0 Å². The zero-order valence-corrected chi connectivity index (χ0v) is 5.09. The Hall–Kier alpha value is -0.120.